The molecule has 28 heavy (non-hydrogen) atoms. The Labute approximate surface area is 168 Å². The van der Waals surface area contributed by atoms with Crippen LogP contribution in [0.2, 0.25) is 0 Å². The molecule has 2 aromatic rings. The van der Waals surface area contributed by atoms with E-state index in [9.17, 15) is 0 Å². The average molecular weight is 386 g/mol. The lowest BCUT2D eigenvalue weighted by atomic mass is 9.83. The Morgan fingerprint density at radius 2 is 2.07 bits per heavy atom. The summed E-state index contributed by atoms with van der Waals surface area (Å²) in [4.78, 5) is 12.4. The number of ether oxygens (including phenoxy) is 1. The number of hydrogen-bond acceptors (Lipinski definition) is 3. The third-order valence-electron chi connectivity index (χ3n) is 5.82. The lowest BCUT2D eigenvalue weighted by Crippen LogP contribution is -2.43. The van der Waals surface area contributed by atoms with Crippen LogP contribution in [0.3, 0.4) is 0 Å². The Kier molecular flexibility index (Phi) is 7.71. The maximum Gasteiger partial charge on any atom is 0.190 e. The number of para-hydroxylation sites is 2. The van der Waals surface area contributed by atoms with Gasteiger partial charge in [0.1, 0.15) is 5.82 Å². The Morgan fingerprint density at radius 1 is 1.25 bits per heavy atom. The number of imidazole rings is 1. The van der Waals surface area contributed by atoms with Crippen molar-refractivity contribution in [3.8, 4) is 0 Å². The molecule has 0 bridgehead atoms. The highest BCUT2D eigenvalue weighted by Gasteiger charge is 2.33. The summed E-state index contributed by atoms with van der Waals surface area (Å²) in [5, 5.41) is 7.01. The molecule has 154 valence electrons. The normalized spacial score (nSPS) is 16.6. The van der Waals surface area contributed by atoms with Gasteiger partial charge < -0.3 is 20.4 Å². The molecule has 3 rings (SSSR count). The molecule has 0 unspecified atom stereocenters. The van der Waals surface area contributed by atoms with E-state index >= 15 is 0 Å². The van der Waals surface area contributed by atoms with E-state index in [1.165, 1.54) is 25.7 Å². The van der Waals surface area contributed by atoms with Gasteiger partial charge in [-0.1, -0.05) is 25.0 Å². The number of aryl methyl sites for hydroxylation is 1. The average Bonchev–Trinajstić information content (AvgIpc) is 3.34. The summed E-state index contributed by atoms with van der Waals surface area (Å²) in [5.74, 6) is 1.94. The van der Waals surface area contributed by atoms with Gasteiger partial charge in [0.15, 0.2) is 5.96 Å². The standard InChI is InChI=1S/C22H35N5O/c1-3-28-16-14-22(12-6-7-13-22)17-25-21(23-2)24-15-8-11-20-26-18-9-4-5-10-19(18)27-20/h4-5,9-10H,3,6-8,11-17H2,1-2H3,(H,26,27)(H2,23,24,25). The predicted molar refractivity (Wildman–Crippen MR) is 116 cm³/mol. The highest BCUT2D eigenvalue weighted by molar-refractivity contribution is 5.79. The molecule has 0 amide bonds. The fourth-order valence-corrected chi connectivity index (χ4v) is 4.15. The lowest BCUT2D eigenvalue weighted by Gasteiger charge is -2.30. The number of hydrogen-bond donors (Lipinski definition) is 3. The smallest absolute Gasteiger partial charge is 0.190 e. The monoisotopic (exact) mass is 385 g/mol. The van der Waals surface area contributed by atoms with E-state index in [1.807, 2.05) is 25.2 Å². The molecule has 6 heteroatoms. The van der Waals surface area contributed by atoms with E-state index in [2.05, 4.69) is 38.6 Å². The van der Waals surface area contributed by atoms with Crippen molar-refractivity contribution in [2.45, 2.75) is 51.9 Å². The molecular formula is C22H35N5O. The van der Waals surface area contributed by atoms with Crippen molar-refractivity contribution < 1.29 is 4.74 Å². The molecule has 0 atom stereocenters. The van der Waals surface area contributed by atoms with E-state index in [-0.39, 0.29) is 0 Å². The summed E-state index contributed by atoms with van der Waals surface area (Å²) in [6, 6.07) is 8.17. The minimum Gasteiger partial charge on any atom is -0.382 e. The minimum atomic E-state index is 0.362. The Morgan fingerprint density at radius 3 is 2.82 bits per heavy atom. The largest absolute Gasteiger partial charge is 0.382 e. The highest BCUT2D eigenvalue weighted by atomic mass is 16.5. The van der Waals surface area contributed by atoms with Crippen LogP contribution in [0.4, 0.5) is 0 Å². The predicted octanol–water partition coefficient (Wildman–Crippen LogP) is 3.65. The molecule has 1 aliphatic rings. The Hall–Kier alpha value is -2.08. The molecule has 0 saturated heterocycles. The number of nitrogens with one attached hydrogen (secondary N) is 3. The van der Waals surface area contributed by atoms with Crippen LogP contribution < -0.4 is 10.6 Å². The molecule has 3 N–H and O–H groups in total. The molecule has 1 heterocycles. The van der Waals surface area contributed by atoms with Gasteiger partial charge in [-0.3, -0.25) is 4.99 Å². The second-order valence-corrected chi connectivity index (χ2v) is 7.81. The molecular weight excluding hydrogens is 350 g/mol. The fraction of sp³-hybridized carbons (Fsp3) is 0.636. The van der Waals surface area contributed by atoms with Gasteiger partial charge in [-0.15, -0.1) is 0 Å². The maximum absolute atomic E-state index is 5.61. The number of fused-ring (bicyclic) bond motifs is 1. The van der Waals surface area contributed by atoms with Gasteiger partial charge in [-0.25, -0.2) is 4.98 Å². The van der Waals surface area contributed by atoms with Crippen LogP contribution in [0.25, 0.3) is 11.0 Å². The number of H-pyrrole nitrogens is 1. The van der Waals surface area contributed by atoms with E-state index < -0.39 is 0 Å². The van der Waals surface area contributed by atoms with Crippen LogP contribution in [0.1, 0.15) is 51.3 Å². The van der Waals surface area contributed by atoms with Crippen molar-refractivity contribution in [3.63, 3.8) is 0 Å². The van der Waals surface area contributed by atoms with Gasteiger partial charge in [0.2, 0.25) is 0 Å². The maximum atomic E-state index is 5.61. The molecule has 0 aliphatic heterocycles. The van der Waals surface area contributed by atoms with Gasteiger partial charge in [0.05, 0.1) is 11.0 Å². The summed E-state index contributed by atoms with van der Waals surface area (Å²) in [6.07, 6.45) is 8.31. The molecule has 1 aliphatic carbocycles. The lowest BCUT2D eigenvalue weighted by molar-refractivity contribution is 0.105. The summed E-state index contributed by atoms with van der Waals surface area (Å²) in [6.45, 7) is 5.59. The van der Waals surface area contributed by atoms with E-state index in [0.717, 1.165) is 68.4 Å². The van der Waals surface area contributed by atoms with Crippen molar-refractivity contribution in [3.05, 3.63) is 30.1 Å². The summed E-state index contributed by atoms with van der Waals surface area (Å²) in [7, 11) is 1.84. The first-order valence-corrected chi connectivity index (χ1v) is 10.7. The van der Waals surface area contributed by atoms with Crippen molar-refractivity contribution in [2.24, 2.45) is 10.4 Å². The van der Waals surface area contributed by atoms with Gasteiger partial charge in [0.25, 0.3) is 0 Å². The molecule has 1 fully saturated rings. The van der Waals surface area contributed by atoms with Crippen LogP contribution in [-0.2, 0) is 11.2 Å². The number of aliphatic imine (C=N–C) groups is 1. The molecule has 1 saturated carbocycles. The summed E-state index contributed by atoms with van der Waals surface area (Å²) in [5.41, 5.74) is 2.51. The molecule has 0 radical (unpaired) electrons. The van der Waals surface area contributed by atoms with Crippen LogP contribution in [-0.4, -0.2) is 49.3 Å². The second kappa shape index (κ2) is 10.5. The van der Waals surface area contributed by atoms with Crippen molar-refractivity contribution in [1.29, 1.82) is 0 Å². The first-order chi connectivity index (χ1) is 13.7. The zero-order valence-corrected chi connectivity index (χ0v) is 17.4. The van der Waals surface area contributed by atoms with E-state index in [4.69, 9.17) is 4.74 Å². The molecule has 1 aromatic heterocycles. The third kappa shape index (κ3) is 5.71. The van der Waals surface area contributed by atoms with Gasteiger partial charge >= 0.3 is 0 Å². The van der Waals surface area contributed by atoms with E-state index in [1.54, 1.807) is 0 Å². The highest BCUT2D eigenvalue weighted by Crippen LogP contribution is 2.40. The fourth-order valence-electron chi connectivity index (χ4n) is 4.15. The molecule has 6 nitrogen and oxygen atoms in total. The summed E-state index contributed by atoms with van der Waals surface area (Å²) >= 11 is 0. The van der Waals surface area contributed by atoms with Crippen LogP contribution in [0.5, 0.6) is 0 Å². The van der Waals surface area contributed by atoms with Gasteiger partial charge in [-0.2, -0.15) is 0 Å². The van der Waals surface area contributed by atoms with Crippen molar-refractivity contribution in [1.82, 2.24) is 20.6 Å². The van der Waals surface area contributed by atoms with Crippen molar-refractivity contribution >= 4 is 17.0 Å². The number of benzene rings is 1. The van der Waals surface area contributed by atoms with Gasteiger partial charge in [-0.05, 0) is 50.2 Å². The Balaban J connectivity index is 1.40. The molecule has 1 aromatic carbocycles. The zero-order valence-electron chi connectivity index (χ0n) is 17.4. The first kappa shape index (κ1) is 20.6. The third-order valence-corrected chi connectivity index (χ3v) is 5.82. The van der Waals surface area contributed by atoms with E-state index in [0.29, 0.717) is 5.41 Å². The second-order valence-electron chi connectivity index (χ2n) is 7.81. The number of aromatic nitrogens is 2. The molecule has 0 spiro atoms. The SMILES string of the molecule is CCOCCC1(CNC(=NC)NCCCc2nc3ccccc3[nH]2)CCCC1. The van der Waals surface area contributed by atoms with Crippen LogP contribution in [0.15, 0.2) is 29.3 Å². The zero-order chi connectivity index (χ0) is 19.7. The number of rotatable bonds is 10. The summed E-state index contributed by atoms with van der Waals surface area (Å²) < 4.78 is 5.61. The number of aromatic amines is 1. The van der Waals surface area contributed by atoms with Crippen molar-refractivity contribution in [2.75, 3.05) is 33.4 Å². The van der Waals surface area contributed by atoms with Crippen LogP contribution >= 0.6 is 0 Å². The Bertz CT molecular complexity index is 715. The minimum absolute atomic E-state index is 0.362. The first-order valence-electron chi connectivity index (χ1n) is 10.7. The van der Waals surface area contributed by atoms with Crippen LogP contribution in [0, 0.1) is 5.41 Å². The quantitative estimate of drug-likeness (QED) is 0.332. The number of guanidine groups is 1. The number of nitrogens with zero attached hydrogens (tertiary/aromatic N) is 2. The van der Waals surface area contributed by atoms with Gasteiger partial charge in [0, 0.05) is 39.8 Å². The topological polar surface area (TPSA) is 74.3 Å².